The highest BCUT2D eigenvalue weighted by Crippen LogP contribution is 2.27. The number of carbonyl (C=O) groups excluding carboxylic acids is 1. The molecule has 16 heavy (non-hydrogen) atoms. The second kappa shape index (κ2) is 7.66. The fourth-order valence-electron chi connectivity index (χ4n) is 2.58. The molecular weight excluding hydrogens is 200 g/mol. The van der Waals surface area contributed by atoms with E-state index < -0.39 is 0 Å². The van der Waals surface area contributed by atoms with Crippen LogP contribution in [-0.4, -0.2) is 30.4 Å². The van der Waals surface area contributed by atoms with E-state index in [1.807, 2.05) is 11.8 Å². The molecule has 0 heterocycles. The molecule has 0 radical (unpaired) electrons. The molecule has 0 atom stereocenters. The number of nitrogens with zero attached hydrogens (tertiary/aromatic N) is 1. The number of amides is 1. The van der Waals surface area contributed by atoms with Crippen molar-refractivity contribution in [3.05, 3.63) is 0 Å². The molecule has 0 aromatic carbocycles. The van der Waals surface area contributed by atoms with Gasteiger partial charge in [-0.2, -0.15) is 0 Å². The van der Waals surface area contributed by atoms with Crippen molar-refractivity contribution < 1.29 is 4.79 Å². The first-order valence-corrected chi connectivity index (χ1v) is 6.75. The van der Waals surface area contributed by atoms with E-state index in [1.165, 1.54) is 32.1 Å². The van der Waals surface area contributed by atoms with Crippen LogP contribution in [0.3, 0.4) is 0 Å². The predicted octanol–water partition coefficient (Wildman–Crippen LogP) is 2.15. The largest absolute Gasteiger partial charge is 0.342 e. The summed E-state index contributed by atoms with van der Waals surface area (Å²) < 4.78 is 0. The van der Waals surface area contributed by atoms with Gasteiger partial charge in [-0.1, -0.05) is 32.1 Å². The summed E-state index contributed by atoms with van der Waals surface area (Å²) in [5.41, 5.74) is 5.49. The number of hydrogen-bond donors (Lipinski definition) is 1. The quantitative estimate of drug-likeness (QED) is 0.754. The summed E-state index contributed by atoms with van der Waals surface area (Å²) in [6.45, 7) is 4.10. The van der Waals surface area contributed by atoms with Gasteiger partial charge in [-0.25, -0.2) is 0 Å². The lowest BCUT2D eigenvalue weighted by Crippen LogP contribution is -2.35. The van der Waals surface area contributed by atoms with Crippen molar-refractivity contribution >= 4 is 5.91 Å². The van der Waals surface area contributed by atoms with Gasteiger partial charge in [0.25, 0.3) is 0 Å². The van der Waals surface area contributed by atoms with E-state index in [2.05, 4.69) is 0 Å². The number of carbonyl (C=O) groups is 1. The van der Waals surface area contributed by atoms with Gasteiger partial charge in [-0.15, -0.1) is 0 Å². The average molecular weight is 226 g/mol. The average Bonchev–Trinajstić information content (AvgIpc) is 2.34. The summed E-state index contributed by atoms with van der Waals surface area (Å²) in [7, 11) is 0. The molecule has 0 spiro atoms. The van der Waals surface area contributed by atoms with Crippen molar-refractivity contribution in [1.82, 2.24) is 4.90 Å². The Bertz CT molecular complexity index is 200. The third-order valence-electron chi connectivity index (χ3n) is 3.62. The van der Waals surface area contributed by atoms with Crippen molar-refractivity contribution in [3.63, 3.8) is 0 Å². The molecule has 2 N–H and O–H groups in total. The molecule has 1 saturated carbocycles. The van der Waals surface area contributed by atoms with Crippen LogP contribution < -0.4 is 5.73 Å². The minimum absolute atomic E-state index is 0.290. The lowest BCUT2D eigenvalue weighted by Gasteiger charge is -2.24. The molecule has 1 fully saturated rings. The van der Waals surface area contributed by atoms with Crippen LogP contribution in [0.25, 0.3) is 0 Å². The number of nitrogens with two attached hydrogens (primary N) is 1. The van der Waals surface area contributed by atoms with Crippen LogP contribution in [0.15, 0.2) is 0 Å². The normalized spacial score (nSPS) is 17.4. The fraction of sp³-hybridized carbons (Fsp3) is 0.923. The van der Waals surface area contributed by atoms with E-state index in [1.54, 1.807) is 0 Å². The Kier molecular flexibility index (Phi) is 6.46. The molecule has 1 rings (SSSR count). The zero-order valence-corrected chi connectivity index (χ0v) is 10.6. The van der Waals surface area contributed by atoms with Gasteiger partial charge >= 0.3 is 0 Å². The molecule has 0 saturated heterocycles. The topological polar surface area (TPSA) is 46.3 Å². The summed E-state index contributed by atoms with van der Waals surface area (Å²) in [5, 5.41) is 0. The van der Waals surface area contributed by atoms with Crippen LogP contribution >= 0.6 is 0 Å². The first-order valence-electron chi connectivity index (χ1n) is 6.75. The Labute approximate surface area is 99.4 Å². The monoisotopic (exact) mass is 226 g/mol. The van der Waals surface area contributed by atoms with Crippen LogP contribution in [0.4, 0.5) is 0 Å². The van der Waals surface area contributed by atoms with Crippen molar-refractivity contribution in [2.75, 3.05) is 19.6 Å². The van der Waals surface area contributed by atoms with Gasteiger partial charge in [-0.05, 0) is 19.3 Å². The maximum Gasteiger partial charge on any atom is 0.222 e. The molecular formula is C13H26N2O. The Morgan fingerprint density at radius 3 is 2.56 bits per heavy atom. The molecule has 3 nitrogen and oxygen atoms in total. The number of likely N-dealkylation sites (N-methyl/N-ethyl adjacent to an activating group) is 1. The number of rotatable bonds is 6. The smallest absolute Gasteiger partial charge is 0.222 e. The van der Waals surface area contributed by atoms with Gasteiger partial charge in [0.15, 0.2) is 0 Å². The van der Waals surface area contributed by atoms with Crippen molar-refractivity contribution in [2.45, 2.75) is 51.9 Å². The van der Waals surface area contributed by atoms with Crippen molar-refractivity contribution in [3.8, 4) is 0 Å². The Morgan fingerprint density at radius 2 is 2.00 bits per heavy atom. The second-order valence-electron chi connectivity index (χ2n) is 4.80. The summed E-state index contributed by atoms with van der Waals surface area (Å²) in [6, 6.07) is 0. The zero-order valence-electron chi connectivity index (χ0n) is 10.6. The molecule has 1 amide bonds. The lowest BCUT2D eigenvalue weighted by atomic mass is 9.86. The molecule has 0 aliphatic heterocycles. The molecule has 0 aromatic heterocycles. The van der Waals surface area contributed by atoms with Gasteiger partial charge in [0.05, 0.1) is 0 Å². The van der Waals surface area contributed by atoms with Crippen LogP contribution in [0, 0.1) is 5.92 Å². The maximum atomic E-state index is 11.9. The van der Waals surface area contributed by atoms with Gasteiger partial charge in [0.1, 0.15) is 0 Å². The van der Waals surface area contributed by atoms with Crippen LogP contribution in [0.1, 0.15) is 51.9 Å². The van der Waals surface area contributed by atoms with Crippen LogP contribution in [0.5, 0.6) is 0 Å². The first-order chi connectivity index (χ1) is 7.77. The molecule has 1 aliphatic carbocycles. The van der Waals surface area contributed by atoms with E-state index in [0.29, 0.717) is 19.0 Å². The minimum Gasteiger partial charge on any atom is -0.342 e. The van der Waals surface area contributed by atoms with Crippen molar-refractivity contribution in [1.29, 1.82) is 0 Å². The van der Waals surface area contributed by atoms with Gasteiger partial charge < -0.3 is 10.6 Å². The maximum absolute atomic E-state index is 11.9. The summed E-state index contributed by atoms with van der Waals surface area (Å²) in [6.07, 6.45) is 8.57. The second-order valence-corrected chi connectivity index (χ2v) is 4.80. The lowest BCUT2D eigenvalue weighted by molar-refractivity contribution is -0.131. The summed E-state index contributed by atoms with van der Waals surface area (Å²) >= 11 is 0. The Hall–Kier alpha value is -0.570. The predicted molar refractivity (Wildman–Crippen MR) is 67.1 cm³/mol. The van der Waals surface area contributed by atoms with E-state index in [-0.39, 0.29) is 0 Å². The van der Waals surface area contributed by atoms with Gasteiger partial charge in [-0.3, -0.25) is 4.79 Å². The zero-order chi connectivity index (χ0) is 11.8. The molecule has 1 aliphatic rings. The summed E-state index contributed by atoms with van der Waals surface area (Å²) in [4.78, 5) is 13.8. The van der Waals surface area contributed by atoms with E-state index >= 15 is 0 Å². The van der Waals surface area contributed by atoms with Gasteiger partial charge in [0.2, 0.25) is 5.91 Å². The minimum atomic E-state index is 0.290. The summed E-state index contributed by atoms with van der Waals surface area (Å²) in [5.74, 6) is 1.09. The van der Waals surface area contributed by atoms with Crippen LogP contribution in [0.2, 0.25) is 0 Å². The Morgan fingerprint density at radius 1 is 1.31 bits per heavy atom. The fourth-order valence-corrected chi connectivity index (χ4v) is 2.58. The van der Waals surface area contributed by atoms with Crippen LogP contribution in [-0.2, 0) is 4.79 Å². The highest BCUT2D eigenvalue weighted by Gasteiger charge is 2.16. The molecule has 0 unspecified atom stereocenters. The van der Waals surface area contributed by atoms with E-state index in [0.717, 1.165) is 25.3 Å². The molecule has 3 heteroatoms. The SMILES string of the molecule is CCN(CCN)C(=O)CCC1CCCCC1. The highest BCUT2D eigenvalue weighted by atomic mass is 16.2. The van der Waals surface area contributed by atoms with Gasteiger partial charge in [0, 0.05) is 26.1 Å². The van der Waals surface area contributed by atoms with E-state index in [9.17, 15) is 4.79 Å². The highest BCUT2D eigenvalue weighted by molar-refractivity contribution is 5.76. The standard InChI is InChI=1S/C13H26N2O/c1-2-15(11-10-14)13(16)9-8-12-6-4-3-5-7-12/h12H,2-11,14H2,1H3. The van der Waals surface area contributed by atoms with Crippen molar-refractivity contribution in [2.24, 2.45) is 11.7 Å². The number of hydrogen-bond acceptors (Lipinski definition) is 2. The Balaban J connectivity index is 2.21. The first kappa shape index (κ1) is 13.5. The molecule has 94 valence electrons. The molecule has 0 bridgehead atoms. The van der Waals surface area contributed by atoms with E-state index in [4.69, 9.17) is 5.73 Å². The third kappa shape index (κ3) is 4.52. The third-order valence-corrected chi connectivity index (χ3v) is 3.62. The molecule has 0 aromatic rings.